The minimum Gasteiger partial charge on any atom is -0.497 e. The summed E-state index contributed by atoms with van der Waals surface area (Å²) in [6.07, 6.45) is 1.59. The first-order valence-electron chi connectivity index (χ1n) is 9.44. The lowest BCUT2D eigenvalue weighted by molar-refractivity contribution is 0.415. The van der Waals surface area contributed by atoms with Crippen molar-refractivity contribution in [3.05, 3.63) is 83.3 Å². The Labute approximate surface area is 173 Å². The molecule has 0 radical (unpaired) electrons. The lowest BCUT2D eigenvalue weighted by Gasteiger charge is -2.09. The van der Waals surface area contributed by atoms with Crippen LogP contribution in [0.2, 0.25) is 0 Å². The van der Waals surface area contributed by atoms with Crippen LogP contribution in [-0.4, -0.2) is 38.6 Å². The highest BCUT2D eigenvalue weighted by molar-refractivity contribution is 5.61. The smallest absolute Gasteiger partial charge is 0.266 e. The molecular formula is C22H20N6O2. The van der Waals surface area contributed by atoms with Crippen LogP contribution in [0.5, 0.6) is 5.75 Å². The zero-order valence-electron chi connectivity index (χ0n) is 16.4. The van der Waals surface area contributed by atoms with Crippen molar-refractivity contribution < 1.29 is 4.74 Å². The Balaban J connectivity index is 1.45. The standard InChI is InChI=1S/C22H20N6O2/c1-30-18-9-5-8-17(14-18)20-15-24-26-22(25-20)23-12-13-28-21(29)11-10-19(27-28)16-6-3-2-4-7-16/h2-11,14-15H,12-13H2,1H3,(H,23,25,26). The van der Waals surface area contributed by atoms with Gasteiger partial charge < -0.3 is 10.1 Å². The minimum absolute atomic E-state index is 0.166. The van der Waals surface area contributed by atoms with E-state index in [0.717, 1.165) is 22.6 Å². The zero-order chi connectivity index (χ0) is 20.8. The molecule has 0 bridgehead atoms. The fourth-order valence-electron chi connectivity index (χ4n) is 2.95. The van der Waals surface area contributed by atoms with E-state index in [4.69, 9.17) is 4.74 Å². The molecule has 8 heteroatoms. The lowest BCUT2D eigenvalue weighted by Crippen LogP contribution is -2.26. The third-order valence-electron chi connectivity index (χ3n) is 4.47. The van der Waals surface area contributed by atoms with Gasteiger partial charge in [0.2, 0.25) is 5.95 Å². The van der Waals surface area contributed by atoms with Crippen molar-refractivity contribution in [3.63, 3.8) is 0 Å². The van der Waals surface area contributed by atoms with E-state index in [2.05, 4.69) is 25.6 Å². The second-order valence-electron chi connectivity index (χ2n) is 6.47. The highest BCUT2D eigenvalue weighted by atomic mass is 16.5. The topological polar surface area (TPSA) is 94.8 Å². The van der Waals surface area contributed by atoms with Gasteiger partial charge in [0.25, 0.3) is 5.56 Å². The molecule has 0 saturated carbocycles. The Bertz CT molecular complexity index is 1190. The zero-order valence-corrected chi connectivity index (χ0v) is 16.4. The maximum absolute atomic E-state index is 12.2. The molecule has 0 aliphatic carbocycles. The van der Waals surface area contributed by atoms with Gasteiger partial charge in [0.05, 0.1) is 31.2 Å². The van der Waals surface area contributed by atoms with E-state index in [0.29, 0.717) is 24.7 Å². The van der Waals surface area contributed by atoms with Crippen LogP contribution in [0.3, 0.4) is 0 Å². The highest BCUT2D eigenvalue weighted by Crippen LogP contribution is 2.21. The van der Waals surface area contributed by atoms with E-state index in [9.17, 15) is 4.79 Å². The largest absolute Gasteiger partial charge is 0.497 e. The van der Waals surface area contributed by atoms with Crippen LogP contribution in [0.15, 0.2) is 77.7 Å². The van der Waals surface area contributed by atoms with Crippen molar-refractivity contribution in [2.75, 3.05) is 19.0 Å². The first-order chi connectivity index (χ1) is 14.7. The molecule has 8 nitrogen and oxygen atoms in total. The molecule has 0 amide bonds. The number of hydrogen-bond acceptors (Lipinski definition) is 7. The van der Waals surface area contributed by atoms with Gasteiger partial charge in [0.15, 0.2) is 0 Å². The summed E-state index contributed by atoms with van der Waals surface area (Å²) >= 11 is 0. The number of nitrogens with one attached hydrogen (secondary N) is 1. The fraction of sp³-hybridized carbons (Fsp3) is 0.136. The Morgan fingerprint density at radius 3 is 2.63 bits per heavy atom. The van der Waals surface area contributed by atoms with E-state index < -0.39 is 0 Å². The summed E-state index contributed by atoms with van der Waals surface area (Å²) in [7, 11) is 1.62. The summed E-state index contributed by atoms with van der Waals surface area (Å²) in [6.45, 7) is 0.792. The molecule has 2 aromatic heterocycles. The molecule has 0 fully saturated rings. The van der Waals surface area contributed by atoms with Crippen molar-refractivity contribution in [3.8, 4) is 28.3 Å². The van der Waals surface area contributed by atoms with Gasteiger partial charge in [0, 0.05) is 23.7 Å². The molecule has 4 rings (SSSR count). The molecule has 4 aromatic rings. The van der Waals surface area contributed by atoms with Gasteiger partial charge in [-0.1, -0.05) is 42.5 Å². The second kappa shape index (κ2) is 8.95. The average molecular weight is 400 g/mol. The highest BCUT2D eigenvalue weighted by Gasteiger charge is 2.06. The third kappa shape index (κ3) is 4.49. The fourth-order valence-corrected chi connectivity index (χ4v) is 2.95. The van der Waals surface area contributed by atoms with Crippen molar-refractivity contribution in [1.29, 1.82) is 0 Å². The van der Waals surface area contributed by atoms with E-state index in [1.165, 1.54) is 10.7 Å². The van der Waals surface area contributed by atoms with Crippen LogP contribution in [0.1, 0.15) is 0 Å². The van der Waals surface area contributed by atoms with Gasteiger partial charge >= 0.3 is 0 Å². The molecule has 2 heterocycles. The maximum atomic E-state index is 12.2. The number of aromatic nitrogens is 5. The molecule has 150 valence electrons. The van der Waals surface area contributed by atoms with Crippen LogP contribution in [-0.2, 0) is 6.54 Å². The molecule has 0 aliphatic rings. The van der Waals surface area contributed by atoms with Gasteiger partial charge in [-0.05, 0) is 18.2 Å². The summed E-state index contributed by atoms with van der Waals surface area (Å²) in [5, 5.41) is 15.6. The molecule has 30 heavy (non-hydrogen) atoms. The van der Waals surface area contributed by atoms with Crippen molar-refractivity contribution in [2.24, 2.45) is 0 Å². The Morgan fingerprint density at radius 1 is 0.967 bits per heavy atom. The lowest BCUT2D eigenvalue weighted by atomic mass is 10.1. The number of nitrogens with zero attached hydrogens (tertiary/aromatic N) is 5. The van der Waals surface area contributed by atoms with E-state index in [1.807, 2.05) is 54.6 Å². The van der Waals surface area contributed by atoms with Gasteiger partial charge in [-0.2, -0.15) is 10.2 Å². The molecule has 0 saturated heterocycles. The predicted molar refractivity (Wildman–Crippen MR) is 114 cm³/mol. The molecular weight excluding hydrogens is 380 g/mol. The van der Waals surface area contributed by atoms with Gasteiger partial charge in [-0.3, -0.25) is 4.79 Å². The molecule has 0 spiro atoms. The monoisotopic (exact) mass is 400 g/mol. The van der Waals surface area contributed by atoms with Crippen LogP contribution in [0.4, 0.5) is 5.95 Å². The number of methoxy groups -OCH3 is 1. The number of ether oxygens (including phenoxy) is 1. The number of rotatable bonds is 7. The molecule has 1 N–H and O–H groups in total. The van der Waals surface area contributed by atoms with Crippen LogP contribution in [0, 0.1) is 0 Å². The summed E-state index contributed by atoms with van der Waals surface area (Å²) in [5.41, 5.74) is 3.08. The predicted octanol–water partition coefficient (Wildman–Crippen LogP) is 2.88. The number of anilines is 1. The van der Waals surface area contributed by atoms with E-state index in [-0.39, 0.29) is 5.56 Å². The van der Waals surface area contributed by atoms with Gasteiger partial charge in [-0.25, -0.2) is 9.67 Å². The van der Waals surface area contributed by atoms with Crippen molar-refractivity contribution >= 4 is 5.95 Å². The average Bonchev–Trinajstić information content (AvgIpc) is 2.81. The van der Waals surface area contributed by atoms with E-state index >= 15 is 0 Å². The van der Waals surface area contributed by atoms with Gasteiger partial charge in [-0.15, -0.1) is 5.10 Å². The van der Waals surface area contributed by atoms with Crippen LogP contribution < -0.4 is 15.6 Å². The quantitative estimate of drug-likeness (QED) is 0.510. The van der Waals surface area contributed by atoms with Crippen LogP contribution >= 0.6 is 0 Å². The molecule has 2 aromatic carbocycles. The third-order valence-corrected chi connectivity index (χ3v) is 4.47. The van der Waals surface area contributed by atoms with E-state index in [1.54, 1.807) is 19.4 Å². The summed E-state index contributed by atoms with van der Waals surface area (Å²) in [6, 6.07) is 20.5. The molecule has 0 atom stereocenters. The van der Waals surface area contributed by atoms with Gasteiger partial charge in [0.1, 0.15) is 5.75 Å². The number of hydrogen-bond donors (Lipinski definition) is 1. The first-order valence-corrected chi connectivity index (χ1v) is 9.44. The van der Waals surface area contributed by atoms with Crippen LogP contribution in [0.25, 0.3) is 22.5 Å². The first kappa shape index (κ1) is 19.3. The van der Waals surface area contributed by atoms with Crippen molar-refractivity contribution in [2.45, 2.75) is 6.54 Å². The second-order valence-corrected chi connectivity index (χ2v) is 6.47. The Kier molecular flexibility index (Phi) is 5.75. The minimum atomic E-state index is -0.166. The molecule has 0 aliphatic heterocycles. The van der Waals surface area contributed by atoms with Crippen molar-refractivity contribution in [1.82, 2.24) is 25.0 Å². The summed E-state index contributed by atoms with van der Waals surface area (Å²) in [5.74, 6) is 1.12. The Hall–Kier alpha value is -4.07. The normalized spacial score (nSPS) is 10.6. The summed E-state index contributed by atoms with van der Waals surface area (Å²) < 4.78 is 6.68. The summed E-state index contributed by atoms with van der Waals surface area (Å²) in [4.78, 5) is 16.7. The SMILES string of the molecule is COc1cccc(-c2cnnc(NCCn3nc(-c4ccccc4)ccc3=O)n2)c1. The maximum Gasteiger partial charge on any atom is 0.266 e. The molecule has 0 unspecified atom stereocenters. The number of benzene rings is 2. The Morgan fingerprint density at radius 2 is 1.80 bits per heavy atom.